The van der Waals surface area contributed by atoms with Crippen molar-refractivity contribution in [3.05, 3.63) is 63.2 Å². The highest BCUT2D eigenvalue weighted by Crippen LogP contribution is 2.40. The average Bonchev–Trinajstić information content (AvgIpc) is 2.83. The van der Waals surface area contributed by atoms with Crippen LogP contribution >= 0.6 is 11.6 Å². The first-order valence-corrected chi connectivity index (χ1v) is 7.05. The molecule has 0 radical (unpaired) electrons. The Hall–Kier alpha value is -1.47. The largest absolute Gasteiger partial charge is 0.377 e. The molecule has 0 bridgehead atoms. The van der Waals surface area contributed by atoms with Gasteiger partial charge in [-0.15, -0.1) is 0 Å². The molecule has 0 aromatic heterocycles. The fraction of sp³-hybridized carbons (Fsp3) is 0.294. The van der Waals surface area contributed by atoms with Gasteiger partial charge in [0.15, 0.2) is 0 Å². The summed E-state index contributed by atoms with van der Waals surface area (Å²) in [5.74, 6) is 0. The molecule has 19 heavy (non-hydrogen) atoms. The van der Waals surface area contributed by atoms with Crippen molar-refractivity contribution in [2.45, 2.75) is 33.2 Å². The lowest BCUT2D eigenvalue weighted by Gasteiger charge is -2.16. The number of halogens is 1. The standard InChI is InChI=1S/C17H18ClN/c1-10-4-5-11(2)13(8-10)16-9-14-15(18)7-6-12(3)17(14)19-16/h4-8,16,19H,9H2,1-3H3. The maximum Gasteiger partial charge on any atom is 0.0558 e. The molecule has 1 aliphatic heterocycles. The van der Waals surface area contributed by atoms with Gasteiger partial charge < -0.3 is 5.32 Å². The van der Waals surface area contributed by atoms with E-state index in [4.69, 9.17) is 11.6 Å². The summed E-state index contributed by atoms with van der Waals surface area (Å²) >= 11 is 6.33. The number of nitrogens with one attached hydrogen (secondary N) is 1. The Labute approximate surface area is 119 Å². The number of rotatable bonds is 1. The molecule has 0 saturated heterocycles. The van der Waals surface area contributed by atoms with E-state index in [2.05, 4.69) is 50.4 Å². The van der Waals surface area contributed by atoms with Gasteiger partial charge in [0.2, 0.25) is 0 Å². The van der Waals surface area contributed by atoms with Crippen LogP contribution in [0, 0.1) is 20.8 Å². The quantitative estimate of drug-likeness (QED) is 0.772. The lowest BCUT2D eigenvalue weighted by atomic mass is 9.96. The SMILES string of the molecule is Cc1ccc(C)c(C2Cc3c(Cl)ccc(C)c3N2)c1. The van der Waals surface area contributed by atoms with E-state index in [1.54, 1.807) is 0 Å². The molecule has 0 saturated carbocycles. The Balaban J connectivity index is 2.02. The summed E-state index contributed by atoms with van der Waals surface area (Å²) in [5.41, 5.74) is 7.77. The molecule has 1 aliphatic rings. The molecule has 2 heteroatoms. The van der Waals surface area contributed by atoms with Crippen LogP contribution in [0.3, 0.4) is 0 Å². The fourth-order valence-electron chi connectivity index (χ4n) is 2.89. The van der Waals surface area contributed by atoms with E-state index in [9.17, 15) is 0 Å². The van der Waals surface area contributed by atoms with E-state index < -0.39 is 0 Å². The minimum Gasteiger partial charge on any atom is -0.377 e. The molecule has 2 aromatic carbocycles. The highest BCUT2D eigenvalue weighted by Gasteiger charge is 2.26. The van der Waals surface area contributed by atoms with Crippen molar-refractivity contribution < 1.29 is 0 Å². The van der Waals surface area contributed by atoms with Crippen LogP contribution in [0.1, 0.15) is 33.9 Å². The van der Waals surface area contributed by atoms with Gasteiger partial charge in [0.25, 0.3) is 0 Å². The highest BCUT2D eigenvalue weighted by atomic mass is 35.5. The van der Waals surface area contributed by atoms with Crippen LogP contribution in [-0.2, 0) is 6.42 Å². The van der Waals surface area contributed by atoms with Crippen LogP contribution in [0.25, 0.3) is 0 Å². The van der Waals surface area contributed by atoms with Crippen molar-refractivity contribution in [2.24, 2.45) is 0 Å². The molecule has 1 heterocycles. The Bertz CT molecular complexity index is 615. The third kappa shape index (κ3) is 2.12. The number of hydrogen-bond acceptors (Lipinski definition) is 1. The monoisotopic (exact) mass is 271 g/mol. The van der Waals surface area contributed by atoms with Gasteiger partial charge >= 0.3 is 0 Å². The normalized spacial score (nSPS) is 17.2. The first-order valence-electron chi connectivity index (χ1n) is 6.68. The smallest absolute Gasteiger partial charge is 0.0558 e. The number of anilines is 1. The number of aryl methyl sites for hydroxylation is 3. The van der Waals surface area contributed by atoms with E-state index in [-0.39, 0.29) is 0 Å². The van der Waals surface area contributed by atoms with Gasteiger partial charge in [0.1, 0.15) is 0 Å². The first-order chi connectivity index (χ1) is 9.06. The van der Waals surface area contributed by atoms with Crippen LogP contribution in [0.2, 0.25) is 5.02 Å². The number of fused-ring (bicyclic) bond motifs is 1. The zero-order valence-electron chi connectivity index (χ0n) is 11.5. The van der Waals surface area contributed by atoms with Gasteiger partial charge in [-0.1, -0.05) is 41.4 Å². The van der Waals surface area contributed by atoms with Crippen LogP contribution in [0.4, 0.5) is 5.69 Å². The maximum absolute atomic E-state index is 6.33. The zero-order valence-corrected chi connectivity index (χ0v) is 12.3. The Morgan fingerprint density at radius 2 is 1.79 bits per heavy atom. The topological polar surface area (TPSA) is 12.0 Å². The molecule has 0 amide bonds. The van der Waals surface area contributed by atoms with Crippen molar-refractivity contribution in [2.75, 3.05) is 5.32 Å². The van der Waals surface area contributed by atoms with Gasteiger partial charge in [-0.2, -0.15) is 0 Å². The Kier molecular flexibility index (Phi) is 3.02. The molecule has 0 aliphatic carbocycles. The predicted molar refractivity (Wildman–Crippen MR) is 82.2 cm³/mol. The summed E-state index contributed by atoms with van der Waals surface area (Å²) in [7, 11) is 0. The molecule has 1 unspecified atom stereocenters. The maximum atomic E-state index is 6.33. The summed E-state index contributed by atoms with van der Waals surface area (Å²) in [6.45, 7) is 6.45. The molecule has 0 fully saturated rings. The molecule has 3 rings (SSSR count). The van der Waals surface area contributed by atoms with E-state index in [0.29, 0.717) is 6.04 Å². The predicted octanol–water partition coefficient (Wildman–Crippen LogP) is 4.97. The van der Waals surface area contributed by atoms with E-state index in [0.717, 1.165) is 11.4 Å². The van der Waals surface area contributed by atoms with Gasteiger partial charge in [-0.3, -0.25) is 0 Å². The summed E-state index contributed by atoms with van der Waals surface area (Å²) in [4.78, 5) is 0. The molecule has 1 atom stereocenters. The third-order valence-corrected chi connectivity index (χ3v) is 4.36. The fourth-order valence-corrected chi connectivity index (χ4v) is 3.13. The molecular formula is C17H18ClN. The Morgan fingerprint density at radius 3 is 2.53 bits per heavy atom. The molecular weight excluding hydrogens is 254 g/mol. The minimum absolute atomic E-state index is 0.341. The van der Waals surface area contributed by atoms with Crippen LogP contribution in [-0.4, -0.2) is 0 Å². The van der Waals surface area contributed by atoms with Crippen molar-refractivity contribution in [1.82, 2.24) is 0 Å². The van der Waals surface area contributed by atoms with Crippen molar-refractivity contribution in [1.29, 1.82) is 0 Å². The number of benzene rings is 2. The molecule has 1 N–H and O–H groups in total. The molecule has 1 nitrogen and oxygen atoms in total. The van der Waals surface area contributed by atoms with Gasteiger partial charge in [0.05, 0.1) is 6.04 Å². The second kappa shape index (κ2) is 4.57. The van der Waals surface area contributed by atoms with Crippen molar-refractivity contribution >= 4 is 17.3 Å². The summed E-state index contributed by atoms with van der Waals surface area (Å²) in [6.07, 6.45) is 0.972. The van der Waals surface area contributed by atoms with Crippen LogP contribution < -0.4 is 5.32 Å². The second-order valence-corrected chi connectivity index (χ2v) is 5.89. The van der Waals surface area contributed by atoms with Gasteiger partial charge in [0, 0.05) is 17.1 Å². The van der Waals surface area contributed by atoms with E-state index >= 15 is 0 Å². The summed E-state index contributed by atoms with van der Waals surface area (Å²) in [5, 5.41) is 4.52. The van der Waals surface area contributed by atoms with E-state index in [1.807, 2.05) is 6.07 Å². The van der Waals surface area contributed by atoms with Crippen molar-refractivity contribution in [3.63, 3.8) is 0 Å². The average molecular weight is 272 g/mol. The van der Waals surface area contributed by atoms with E-state index in [1.165, 1.54) is 33.5 Å². The minimum atomic E-state index is 0.341. The second-order valence-electron chi connectivity index (χ2n) is 5.48. The number of hydrogen-bond donors (Lipinski definition) is 1. The van der Waals surface area contributed by atoms with Crippen LogP contribution in [0.5, 0.6) is 0 Å². The zero-order chi connectivity index (χ0) is 13.6. The third-order valence-electron chi connectivity index (χ3n) is 4.00. The summed E-state index contributed by atoms with van der Waals surface area (Å²) < 4.78 is 0. The Morgan fingerprint density at radius 1 is 1.05 bits per heavy atom. The highest BCUT2D eigenvalue weighted by molar-refractivity contribution is 6.31. The van der Waals surface area contributed by atoms with Gasteiger partial charge in [-0.05, 0) is 49.1 Å². The lowest BCUT2D eigenvalue weighted by molar-refractivity contribution is 0.815. The molecule has 0 spiro atoms. The van der Waals surface area contributed by atoms with Gasteiger partial charge in [-0.25, -0.2) is 0 Å². The van der Waals surface area contributed by atoms with Crippen LogP contribution in [0.15, 0.2) is 30.3 Å². The molecule has 2 aromatic rings. The first kappa shape index (κ1) is 12.6. The lowest BCUT2D eigenvalue weighted by Crippen LogP contribution is -2.08. The molecule has 98 valence electrons. The van der Waals surface area contributed by atoms with Crippen molar-refractivity contribution in [3.8, 4) is 0 Å². The summed E-state index contributed by atoms with van der Waals surface area (Å²) in [6, 6.07) is 11.1.